The van der Waals surface area contributed by atoms with Gasteiger partial charge in [0.2, 0.25) is 0 Å². The third-order valence-electron chi connectivity index (χ3n) is 2.44. The van der Waals surface area contributed by atoms with Gasteiger partial charge in [-0.05, 0) is 31.0 Å². The molecule has 0 aliphatic carbocycles. The first-order valence-corrected chi connectivity index (χ1v) is 5.63. The summed E-state index contributed by atoms with van der Waals surface area (Å²) in [5.41, 5.74) is 1.26. The molecule has 1 aromatic carbocycles. The van der Waals surface area contributed by atoms with Gasteiger partial charge in [-0.25, -0.2) is 9.18 Å². The smallest absolute Gasteiger partial charge is 0.397 e. The summed E-state index contributed by atoms with van der Waals surface area (Å²) in [6.07, 6.45) is 0. The minimum atomic E-state index is -0.876. The Labute approximate surface area is 105 Å². The van der Waals surface area contributed by atoms with E-state index >= 15 is 0 Å². The molecule has 0 radical (unpaired) electrons. The number of hydrogen-bond acceptors (Lipinski definition) is 3. The number of nitrogens with zero attached hydrogens (tertiary/aromatic N) is 1. The van der Waals surface area contributed by atoms with E-state index in [-0.39, 0.29) is 19.0 Å². The maximum absolute atomic E-state index is 13.1. The molecule has 0 unspecified atom stereocenters. The average Bonchev–Trinajstić information content (AvgIpc) is 2.33. The molecule has 0 atom stereocenters. The molecular weight excluding hydrogens is 237 g/mol. The van der Waals surface area contributed by atoms with Crippen molar-refractivity contribution in [3.05, 3.63) is 35.1 Å². The third-order valence-corrected chi connectivity index (χ3v) is 2.44. The average molecular weight is 253 g/mol. The Kier molecular flexibility index (Phi) is 4.83. The van der Waals surface area contributed by atoms with Crippen LogP contribution in [0.4, 0.5) is 4.39 Å². The number of amides is 1. The Bertz CT molecular complexity index is 460. The van der Waals surface area contributed by atoms with Gasteiger partial charge in [0.05, 0.1) is 6.61 Å². The van der Waals surface area contributed by atoms with E-state index in [1.165, 1.54) is 18.0 Å². The van der Waals surface area contributed by atoms with Crippen LogP contribution in [0.5, 0.6) is 0 Å². The predicted octanol–water partition coefficient (Wildman–Crippen LogP) is 1.66. The van der Waals surface area contributed by atoms with Crippen molar-refractivity contribution in [2.75, 3.05) is 13.7 Å². The Hall–Kier alpha value is -1.91. The number of esters is 1. The lowest BCUT2D eigenvalue weighted by Crippen LogP contribution is -2.34. The number of likely N-dealkylation sites (N-methyl/N-ethyl adjacent to an activating group) is 1. The first kappa shape index (κ1) is 14.2. The topological polar surface area (TPSA) is 46.6 Å². The standard InChI is InChI=1S/C13H16FNO3/c1-4-18-13(17)12(16)15(3)8-10-5-6-11(14)9(2)7-10/h5-7H,4,8H2,1-3H3. The van der Waals surface area contributed by atoms with Gasteiger partial charge in [-0.3, -0.25) is 4.79 Å². The highest BCUT2D eigenvalue weighted by Crippen LogP contribution is 2.11. The lowest BCUT2D eigenvalue weighted by atomic mass is 10.1. The van der Waals surface area contributed by atoms with E-state index in [9.17, 15) is 14.0 Å². The lowest BCUT2D eigenvalue weighted by molar-refractivity contribution is -0.159. The SMILES string of the molecule is CCOC(=O)C(=O)N(C)Cc1ccc(F)c(C)c1. The second kappa shape index (κ2) is 6.14. The van der Waals surface area contributed by atoms with Gasteiger partial charge in [-0.2, -0.15) is 0 Å². The van der Waals surface area contributed by atoms with Crippen LogP contribution in [-0.4, -0.2) is 30.4 Å². The molecule has 0 bridgehead atoms. The molecule has 0 aliphatic heterocycles. The van der Waals surface area contributed by atoms with Crippen molar-refractivity contribution in [1.29, 1.82) is 0 Å². The molecule has 4 nitrogen and oxygen atoms in total. The summed E-state index contributed by atoms with van der Waals surface area (Å²) in [5, 5.41) is 0. The van der Waals surface area contributed by atoms with Crippen molar-refractivity contribution >= 4 is 11.9 Å². The number of rotatable bonds is 3. The van der Waals surface area contributed by atoms with Crippen molar-refractivity contribution in [2.24, 2.45) is 0 Å². The quantitative estimate of drug-likeness (QED) is 0.608. The molecule has 0 saturated carbocycles. The molecule has 0 N–H and O–H groups in total. The van der Waals surface area contributed by atoms with Crippen LogP contribution >= 0.6 is 0 Å². The molecule has 1 amide bonds. The molecule has 0 saturated heterocycles. The molecule has 5 heteroatoms. The first-order valence-electron chi connectivity index (χ1n) is 5.63. The Balaban J connectivity index is 2.69. The van der Waals surface area contributed by atoms with E-state index in [0.29, 0.717) is 5.56 Å². The molecular formula is C13H16FNO3. The second-order valence-electron chi connectivity index (χ2n) is 3.97. The Morgan fingerprint density at radius 3 is 2.61 bits per heavy atom. The lowest BCUT2D eigenvalue weighted by Gasteiger charge is -2.16. The number of ether oxygens (including phenoxy) is 1. The van der Waals surface area contributed by atoms with Crippen LogP contribution in [0.3, 0.4) is 0 Å². The highest BCUT2D eigenvalue weighted by molar-refractivity contribution is 6.32. The molecule has 0 heterocycles. The summed E-state index contributed by atoms with van der Waals surface area (Å²) < 4.78 is 17.7. The van der Waals surface area contributed by atoms with Gasteiger partial charge in [-0.1, -0.05) is 12.1 Å². The van der Waals surface area contributed by atoms with Crippen molar-refractivity contribution in [2.45, 2.75) is 20.4 Å². The Morgan fingerprint density at radius 1 is 1.39 bits per heavy atom. The van der Waals surface area contributed by atoms with E-state index in [0.717, 1.165) is 5.56 Å². The number of halogens is 1. The highest BCUT2D eigenvalue weighted by Gasteiger charge is 2.19. The minimum absolute atomic E-state index is 0.161. The molecule has 1 rings (SSSR count). The van der Waals surface area contributed by atoms with E-state index < -0.39 is 11.9 Å². The van der Waals surface area contributed by atoms with Crippen LogP contribution in [0.2, 0.25) is 0 Å². The molecule has 0 spiro atoms. The zero-order chi connectivity index (χ0) is 13.7. The van der Waals surface area contributed by atoms with Crippen LogP contribution in [0.25, 0.3) is 0 Å². The van der Waals surface area contributed by atoms with Crippen LogP contribution in [0.1, 0.15) is 18.1 Å². The largest absolute Gasteiger partial charge is 0.459 e. The van der Waals surface area contributed by atoms with Crippen molar-refractivity contribution in [3.8, 4) is 0 Å². The van der Waals surface area contributed by atoms with Crippen LogP contribution in [0, 0.1) is 12.7 Å². The number of aryl methyl sites for hydroxylation is 1. The van der Waals surface area contributed by atoms with Gasteiger partial charge < -0.3 is 9.64 Å². The van der Waals surface area contributed by atoms with Crippen LogP contribution < -0.4 is 0 Å². The number of carbonyl (C=O) groups excluding carboxylic acids is 2. The van der Waals surface area contributed by atoms with Crippen molar-refractivity contribution in [3.63, 3.8) is 0 Å². The van der Waals surface area contributed by atoms with Gasteiger partial charge in [0.15, 0.2) is 0 Å². The van der Waals surface area contributed by atoms with Gasteiger partial charge in [-0.15, -0.1) is 0 Å². The van der Waals surface area contributed by atoms with Crippen molar-refractivity contribution in [1.82, 2.24) is 4.90 Å². The van der Waals surface area contributed by atoms with Gasteiger partial charge in [0.25, 0.3) is 0 Å². The molecule has 98 valence electrons. The summed E-state index contributed by atoms with van der Waals surface area (Å²) in [7, 11) is 1.50. The van der Waals surface area contributed by atoms with E-state index in [2.05, 4.69) is 4.74 Å². The molecule has 0 aliphatic rings. The molecule has 1 aromatic rings. The summed E-state index contributed by atoms with van der Waals surface area (Å²) in [5.74, 6) is -1.88. The Morgan fingerprint density at radius 2 is 2.06 bits per heavy atom. The van der Waals surface area contributed by atoms with Crippen LogP contribution in [-0.2, 0) is 20.9 Å². The maximum atomic E-state index is 13.1. The monoisotopic (exact) mass is 253 g/mol. The number of benzene rings is 1. The fourth-order valence-electron chi connectivity index (χ4n) is 1.50. The van der Waals surface area contributed by atoms with E-state index in [1.54, 1.807) is 26.0 Å². The predicted molar refractivity (Wildman–Crippen MR) is 64.2 cm³/mol. The second-order valence-corrected chi connectivity index (χ2v) is 3.97. The van der Waals surface area contributed by atoms with Gasteiger partial charge in [0.1, 0.15) is 5.82 Å². The van der Waals surface area contributed by atoms with E-state index in [4.69, 9.17) is 0 Å². The minimum Gasteiger partial charge on any atom is -0.459 e. The first-order chi connectivity index (χ1) is 8.45. The normalized spacial score (nSPS) is 10.0. The molecule has 0 fully saturated rings. The van der Waals surface area contributed by atoms with Gasteiger partial charge >= 0.3 is 11.9 Å². The molecule has 0 aromatic heterocycles. The van der Waals surface area contributed by atoms with Crippen LogP contribution in [0.15, 0.2) is 18.2 Å². The highest BCUT2D eigenvalue weighted by atomic mass is 19.1. The number of carbonyl (C=O) groups is 2. The fourth-order valence-corrected chi connectivity index (χ4v) is 1.50. The summed E-state index contributed by atoms with van der Waals surface area (Å²) in [6, 6.07) is 4.56. The third kappa shape index (κ3) is 3.55. The summed E-state index contributed by atoms with van der Waals surface area (Å²) in [6.45, 7) is 3.67. The summed E-state index contributed by atoms with van der Waals surface area (Å²) >= 11 is 0. The zero-order valence-corrected chi connectivity index (χ0v) is 10.7. The van der Waals surface area contributed by atoms with Gasteiger partial charge in [0, 0.05) is 13.6 Å². The van der Waals surface area contributed by atoms with E-state index in [1.807, 2.05) is 0 Å². The fraction of sp³-hybridized carbons (Fsp3) is 0.385. The zero-order valence-electron chi connectivity index (χ0n) is 10.7. The molecule has 18 heavy (non-hydrogen) atoms. The maximum Gasteiger partial charge on any atom is 0.397 e. The number of hydrogen-bond donors (Lipinski definition) is 0. The summed E-state index contributed by atoms with van der Waals surface area (Å²) in [4.78, 5) is 24.0. The van der Waals surface area contributed by atoms with Crippen molar-refractivity contribution < 1.29 is 18.7 Å².